The lowest BCUT2D eigenvalue weighted by Crippen LogP contribution is -2.38. The Kier molecular flexibility index (Phi) is 4.82. The molecule has 1 N–H and O–H groups in total. The average Bonchev–Trinajstić information content (AvgIpc) is 2.55. The molecule has 0 bridgehead atoms. The second kappa shape index (κ2) is 7.01. The average molecular weight is 330 g/mol. The number of likely N-dealkylation sites (tertiary alicyclic amines) is 1. The third-order valence-corrected chi connectivity index (χ3v) is 4.40. The zero-order valence-electron chi connectivity index (χ0n) is 13.1. The normalized spacial score (nSPS) is 15.5. The highest BCUT2D eigenvalue weighted by molar-refractivity contribution is 6.30. The fraction of sp³-hybridized carbons (Fsp3) is 0.333. The summed E-state index contributed by atoms with van der Waals surface area (Å²) in [6.45, 7) is 3.86. The maximum absolute atomic E-state index is 12.6. The monoisotopic (exact) mass is 329 g/mol. The van der Waals surface area contributed by atoms with Crippen LogP contribution in [0.1, 0.15) is 30.3 Å². The fourth-order valence-electron chi connectivity index (χ4n) is 2.73. The van der Waals surface area contributed by atoms with Crippen LogP contribution in [0, 0.1) is 5.92 Å². The van der Waals surface area contributed by atoms with Gasteiger partial charge in [-0.05, 0) is 49.1 Å². The highest BCUT2D eigenvalue weighted by atomic mass is 35.5. The Morgan fingerprint density at radius 1 is 1.22 bits per heavy atom. The van der Waals surface area contributed by atoms with Crippen molar-refractivity contribution in [1.82, 2.24) is 9.88 Å². The molecule has 2 aromatic rings. The highest BCUT2D eigenvalue weighted by Crippen LogP contribution is 2.22. The number of aromatic nitrogens is 1. The van der Waals surface area contributed by atoms with E-state index >= 15 is 0 Å². The molecule has 1 aromatic carbocycles. The van der Waals surface area contributed by atoms with Gasteiger partial charge in [0.05, 0.1) is 0 Å². The number of benzene rings is 1. The van der Waals surface area contributed by atoms with Crippen LogP contribution in [0.4, 0.5) is 11.4 Å². The molecular weight excluding hydrogens is 310 g/mol. The summed E-state index contributed by atoms with van der Waals surface area (Å²) in [7, 11) is 0. The zero-order chi connectivity index (χ0) is 16.2. The predicted molar refractivity (Wildman–Crippen MR) is 93.3 cm³/mol. The van der Waals surface area contributed by atoms with Crippen molar-refractivity contribution in [3.63, 3.8) is 0 Å². The van der Waals surface area contributed by atoms with E-state index in [0.717, 1.165) is 37.3 Å². The van der Waals surface area contributed by atoms with Crippen molar-refractivity contribution >= 4 is 28.9 Å². The van der Waals surface area contributed by atoms with Gasteiger partial charge in [-0.15, -0.1) is 0 Å². The van der Waals surface area contributed by atoms with Crippen molar-refractivity contribution in [3.8, 4) is 0 Å². The third-order valence-electron chi connectivity index (χ3n) is 4.16. The summed E-state index contributed by atoms with van der Waals surface area (Å²) in [5.41, 5.74) is 2.19. The minimum Gasteiger partial charge on any atom is -0.355 e. The van der Waals surface area contributed by atoms with Gasteiger partial charge in [0.25, 0.3) is 5.91 Å². The second-order valence-electron chi connectivity index (χ2n) is 6.04. The summed E-state index contributed by atoms with van der Waals surface area (Å²) in [6, 6.07) is 11.1. The number of hydrogen-bond acceptors (Lipinski definition) is 3. The first kappa shape index (κ1) is 15.8. The predicted octanol–water partition coefficient (Wildman–Crippen LogP) is 4.35. The maximum Gasteiger partial charge on any atom is 0.272 e. The molecule has 23 heavy (non-hydrogen) atoms. The Labute approximate surface area is 141 Å². The Morgan fingerprint density at radius 2 is 1.96 bits per heavy atom. The van der Waals surface area contributed by atoms with E-state index in [2.05, 4.69) is 17.2 Å². The van der Waals surface area contributed by atoms with Crippen LogP contribution in [0.2, 0.25) is 5.02 Å². The molecule has 120 valence electrons. The largest absolute Gasteiger partial charge is 0.355 e. The molecule has 2 heterocycles. The minimum absolute atomic E-state index is 0.00615. The number of pyridine rings is 1. The number of carbonyl (C=O) groups excluding carboxylic acids is 1. The van der Waals surface area contributed by atoms with Crippen molar-refractivity contribution in [2.45, 2.75) is 19.8 Å². The molecule has 0 atom stereocenters. The molecule has 1 aromatic heterocycles. The van der Waals surface area contributed by atoms with E-state index < -0.39 is 0 Å². The molecule has 0 spiro atoms. The maximum atomic E-state index is 12.6. The first-order chi connectivity index (χ1) is 11.1. The molecule has 4 nitrogen and oxygen atoms in total. The summed E-state index contributed by atoms with van der Waals surface area (Å²) in [4.78, 5) is 18.7. The zero-order valence-corrected chi connectivity index (χ0v) is 13.9. The van der Waals surface area contributed by atoms with Crippen LogP contribution >= 0.6 is 11.6 Å². The molecule has 0 radical (unpaired) electrons. The van der Waals surface area contributed by atoms with E-state index in [1.54, 1.807) is 12.3 Å². The van der Waals surface area contributed by atoms with Crippen LogP contribution in [0.15, 0.2) is 42.6 Å². The Balaban J connectivity index is 1.73. The Hall–Kier alpha value is -2.07. The van der Waals surface area contributed by atoms with Crippen LogP contribution < -0.4 is 5.32 Å². The topological polar surface area (TPSA) is 45.2 Å². The molecule has 0 saturated carbocycles. The first-order valence-electron chi connectivity index (χ1n) is 7.90. The first-order valence-corrected chi connectivity index (χ1v) is 8.27. The molecule has 1 aliphatic rings. The summed E-state index contributed by atoms with van der Waals surface area (Å²) >= 11 is 5.99. The quantitative estimate of drug-likeness (QED) is 0.910. The van der Waals surface area contributed by atoms with Crippen LogP contribution in [0.25, 0.3) is 0 Å². The van der Waals surface area contributed by atoms with Gasteiger partial charge in [-0.25, -0.2) is 0 Å². The minimum atomic E-state index is 0.00615. The van der Waals surface area contributed by atoms with Crippen LogP contribution in [0.3, 0.4) is 0 Å². The van der Waals surface area contributed by atoms with Gasteiger partial charge in [0, 0.05) is 35.7 Å². The van der Waals surface area contributed by atoms with E-state index in [1.807, 2.05) is 35.2 Å². The van der Waals surface area contributed by atoms with E-state index in [9.17, 15) is 4.79 Å². The summed E-state index contributed by atoms with van der Waals surface area (Å²) in [5.74, 6) is 0.703. The van der Waals surface area contributed by atoms with Gasteiger partial charge < -0.3 is 10.2 Å². The smallest absolute Gasteiger partial charge is 0.272 e. The molecular formula is C18H20ClN3O. The number of carbonyl (C=O) groups is 1. The van der Waals surface area contributed by atoms with Gasteiger partial charge in [-0.2, -0.15) is 0 Å². The molecule has 0 unspecified atom stereocenters. The van der Waals surface area contributed by atoms with Crippen molar-refractivity contribution in [1.29, 1.82) is 0 Å². The van der Waals surface area contributed by atoms with Gasteiger partial charge in [0.15, 0.2) is 0 Å². The van der Waals surface area contributed by atoms with E-state index in [4.69, 9.17) is 11.6 Å². The third kappa shape index (κ3) is 4.02. The number of piperidine rings is 1. The number of nitrogens with zero attached hydrogens (tertiary/aromatic N) is 2. The molecule has 3 rings (SSSR count). The van der Waals surface area contributed by atoms with Gasteiger partial charge in [-0.3, -0.25) is 9.78 Å². The highest BCUT2D eigenvalue weighted by Gasteiger charge is 2.22. The van der Waals surface area contributed by atoms with Crippen LogP contribution in [-0.2, 0) is 0 Å². The number of halogens is 1. The number of nitrogens with one attached hydrogen (secondary N) is 1. The molecule has 1 fully saturated rings. The number of hydrogen-bond donors (Lipinski definition) is 1. The van der Waals surface area contributed by atoms with E-state index in [1.165, 1.54) is 0 Å². The van der Waals surface area contributed by atoms with Crippen molar-refractivity contribution in [3.05, 3.63) is 53.3 Å². The summed E-state index contributed by atoms with van der Waals surface area (Å²) in [5, 5.41) is 3.92. The number of rotatable bonds is 3. The SMILES string of the molecule is CC1CCN(C(=O)c2cc(Nc3cccc(Cl)c3)ccn2)CC1. The number of amides is 1. The molecule has 0 aliphatic carbocycles. The standard InChI is InChI=1S/C18H20ClN3O/c1-13-6-9-22(10-7-13)18(23)17-12-16(5-8-20-17)21-15-4-2-3-14(19)11-15/h2-5,8,11-13H,6-7,9-10H2,1H3,(H,20,21). The van der Waals surface area contributed by atoms with Gasteiger partial charge in [0.1, 0.15) is 5.69 Å². The molecule has 1 amide bonds. The summed E-state index contributed by atoms with van der Waals surface area (Å²) in [6.07, 6.45) is 3.78. The van der Waals surface area contributed by atoms with Crippen LogP contribution in [0.5, 0.6) is 0 Å². The second-order valence-corrected chi connectivity index (χ2v) is 6.48. The molecule has 1 aliphatic heterocycles. The summed E-state index contributed by atoms with van der Waals surface area (Å²) < 4.78 is 0. The Bertz CT molecular complexity index is 696. The van der Waals surface area contributed by atoms with Gasteiger partial charge >= 0.3 is 0 Å². The fourth-order valence-corrected chi connectivity index (χ4v) is 2.92. The lowest BCUT2D eigenvalue weighted by atomic mass is 9.99. The number of anilines is 2. The van der Waals surface area contributed by atoms with Crippen molar-refractivity contribution in [2.24, 2.45) is 5.92 Å². The van der Waals surface area contributed by atoms with Crippen LogP contribution in [-0.4, -0.2) is 28.9 Å². The molecule has 5 heteroatoms. The van der Waals surface area contributed by atoms with E-state index in [0.29, 0.717) is 16.6 Å². The van der Waals surface area contributed by atoms with Crippen molar-refractivity contribution in [2.75, 3.05) is 18.4 Å². The van der Waals surface area contributed by atoms with E-state index in [-0.39, 0.29) is 5.91 Å². The molecule has 1 saturated heterocycles. The van der Waals surface area contributed by atoms with Gasteiger partial charge in [0.2, 0.25) is 0 Å². The lowest BCUT2D eigenvalue weighted by Gasteiger charge is -2.30. The lowest BCUT2D eigenvalue weighted by molar-refractivity contribution is 0.0691. The Morgan fingerprint density at radius 3 is 2.70 bits per heavy atom. The van der Waals surface area contributed by atoms with Crippen molar-refractivity contribution < 1.29 is 4.79 Å². The van der Waals surface area contributed by atoms with Gasteiger partial charge in [-0.1, -0.05) is 24.6 Å².